The number of allylic oxidation sites excluding steroid dienone is 1. The highest BCUT2D eigenvalue weighted by molar-refractivity contribution is 8.02. The number of hydrogen-bond donors (Lipinski definition) is 1. The lowest BCUT2D eigenvalue weighted by Crippen LogP contribution is -2.55. The molecule has 2 amide bonds. The summed E-state index contributed by atoms with van der Waals surface area (Å²) in [5, 5.41) is 18.3. The maximum absolute atomic E-state index is 14.4. The summed E-state index contributed by atoms with van der Waals surface area (Å²) in [6.45, 7) is 9.97. The number of aliphatic hydroxyl groups is 1. The van der Waals surface area contributed by atoms with Crippen LogP contribution in [0.15, 0.2) is 49.6 Å². The summed E-state index contributed by atoms with van der Waals surface area (Å²) in [6.07, 6.45) is 7.26. The van der Waals surface area contributed by atoms with E-state index in [0.717, 1.165) is 24.8 Å². The Morgan fingerprint density at radius 1 is 1.25 bits per heavy atom. The number of carbonyl (C=O) groups excluding carboxylic acids is 3. The Morgan fingerprint density at radius 3 is 2.80 bits per heavy atom. The molecule has 2 unspecified atom stereocenters. The number of carbonyl (C=O) groups is 3. The minimum absolute atomic E-state index is 0.0161. The summed E-state index contributed by atoms with van der Waals surface area (Å²) >= 11 is 1.59. The van der Waals surface area contributed by atoms with Crippen LogP contribution in [0.2, 0.25) is 0 Å². The third-order valence-electron chi connectivity index (χ3n) is 8.54. The largest absolute Gasteiger partial charge is 0.465 e. The molecule has 3 aliphatic heterocycles. The van der Waals surface area contributed by atoms with E-state index in [4.69, 9.17) is 4.74 Å². The number of aliphatic hydroxyl groups excluding tert-OH is 1. The van der Waals surface area contributed by atoms with E-state index in [2.05, 4.69) is 23.5 Å². The van der Waals surface area contributed by atoms with Crippen molar-refractivity contribution >= 4 is 40.6 Å². The average molecular weight is 568 g/mol. The molecular weight excluding hydrogens is 530 g/mol. The van der Waals surface area contributed by atoms with Crippen LogP contribution in [0.4, 0.5) is 0 Å². The number of esters is 1. The minimum atomic E-state index is -0.830. The molecule has 1 N–H and O–H groups in total. The zero-order chi connectivity index (χ0) is 28.5. The molecule has 2 bridgehead atoms. The lowest BCUT2D eigenvalue weighted by molar-refractivity contribution is -0.155. The first-order valence-corrected chi connectivity index (χ1v) is 14.7. The number of ether oxygens (including phenoxy) is 1. The molecule has 0 saturated carbocycles. The molecule has 214 valence electrons. The fraction of sp³-hybridized carbons (Fsp3) is 0.552. The van der Waals surface area contributed by atoms with E-state index in [1.807, 2.05) is 37.3 Å². The highest BCUT2D eigenvalue weighted by Gasteiger charge is 2.77. The van der Waals surface area contributed by atoms with Gasteiger partial charge in [0.05, 0.1) is 35.3 Å². The van der Waals surface area contributed by atoms with Crippen molar-refractivity contribution in [2.24, 2.45) is 11.8 Å². The van der Waals surface area contributed by atoms with E-state index < -0.39 is 27.4 Å². The number of amides is 2. The molecule has 0 aliphatic carbocycles. The summed E-state index contributed by atoms with van der Waals surface area (Å²) < 4.78 is 6.07. The molecule has 3 fully saturated rings. The number of benzene rings is 1. The molecule has 10 nitrogen and oxygen atoms in total. The van der Waals surface area contributed by atoms with Gasteiger partial charge in [-0.15, -0.1) is 30.0 Å². The van der Waals surface area contributed by atoms with E-state index >= 15 is 0 Å². The van der Waals surface area contributed by atoms with Crippen LogP contribution in [0.1, 0.15) is 39.0 Å². The average Bonchev–Trinajstić information content (AvgIpc) is 3.64. The number of unbranched alkanes of at least 4 members (excludes halogenated alkanes) is 2. The van der Waals surface area contributed by atoms with Crippen molar-refractivity contribution in [3.05, 3.63) is 49.6 Å². The highest BCUT2D eigenvalue weighted by atomic mass is 32.2. The third kappa shape index (κ3) is 4.62. The van der Waals surface area contributed by atoms with Crippen LogP contribution in [0.25, 0.3) is 11.0 Å². The van der Waals surface area contributed by atoms with Crippen LogP contribution in [-0.2, 0) is 25.8 Å². The molecule has 3 aliphatic rings. The Hall–Kier alpha value is -3.18. The van der Waals surface area contributed by atoms with Gasteiger partial charge in [-0.05, 0) is 51.2 Å². The zero-order valence-electron chi connectivity index (χ0n) is 22.9. The fourth-order valence-electron chi connectivity index (χ4n) is 6.79. The van der Waals surface area contributed by atoms with Gasteiger partial charge in [0, 0.05) is 17.8 Å². The van der Waals surface area contributed by atoms with Crippen LogP contribution in [0.5, 0.6) is 0 Å². The highest BCUT2D eigenvalue weighted by Crippen LogP contribution is 2.71. The molecule has 3 saturated heterocycles. The Balaban J connectivity index is 1.44. The van der Waals surface area contributed by atoms with Crippen molar-refractivity contribution in [3.8, 4) is 0 Å². The molecule has 1 aromatic carbocycles. The van der Waals surface area contributed by atoms with Crippen LogP contribution >= 0.6 is 11.8 Å². The molecule has 4 heterocycles. The first kappa shape index (κ1) is 28.4. The number of likely N-dealkylation sites (tertiary alicyclic amines) is 1. The molecular formula is C29H37N5O5S. The Labute approximate surface area is 238 Å². The number of para-hydroxylation sites is 1. The summed E-state index contributed by atoms with van der Waals surface area (Å²) in [7, 11) is 0. The van der Waals surface area contributed by atoms with Gasteiger partial charge in [-0.1, -0.05) is 29.5 Å². The number of thioether (sulfide) groups is 1. The van der Waals surface area contributed by atoms with Gasteiger partial charge in [0.15, 0.2) is 0 Å². The molecule has 1 spiro atoms. The van der Waals surface area contributed by atoms with Crippen LogP contribution in [0.3, 0.4) is 0 Å². The summed E-state index contributed by atoms with van der Waals surface area (Å²) in [5.74, 6) is -2.22. The van der Waals surface area contributed by atoms with Crippen molar-refractivity contribution in [1.82, 2.24) is 24.8 Å². The second-order valence-corrected chi connectivity index (χ2v) is 12.9. The minimum Gasteiger partial charge on any atom is -0.465 e. The lowest BCUT2D eigenvalue weighted by atomic mass is 9.66. The van der Waals surface area contributed by atoms with E-state index in [1.54, 1.807) is 27.4 Å². The van der Waals surface area contributed by atoms with Gasteiger partial charge in [-0.2, -0.15) is 0 Å². The first-order chi connectivity index (χ1) is 19.3. The van der Waals surface area contributed by atoms with Gasteiger partial charge in [-0.3, -0.25) is 14.4 Å². The van der Waals surface area contributed by atoms with Crippen molar-refractivity contribution in [3.63, 3.8) is 0 Å². The Kier molecular flexibility index (Phi) is 8.05. The van der Waals surface area contributed by atoms with Crippen LogP contribution < -0.4 is 0 Å². The fourth-order valence-corrected chi connectivity index (χ4v) is 9.13. The zero-order valence-corrected chi connectivity index (χ0v) is 23.7. The van der Waals surface area contributed by atoms with Crippen LogP contribution in [-0.4, -0.2) is 89.5 Å². The van der Waals surface area contributed by atoms with E-state index in [-0.39, 0.29) is 44.1 Å². The number of fused-ring (bicyclic) bond motifs is 2. The van der Waals surface area contributed by atoms with Gasteiger partial charge in [0.1, 0.15) is 18.2 Å². The quantitative estimate of drug-likeness (QED) is 0.223. The number of nitrogens with zero attached hydrogens (tertiary/aromatic N) is 5. The van der Waals surface area contributed by atoms with Crippen molar-refractivity contribution in [1.29, 1.82) is 0 Å². The number of aromatic nitrogens is 3. The molecule has 5 atom stereocenters. The molecule has 5 rings (SSSR count). The lowest BCUT2D eigenvalue weighted by Gasteiger charge is -2.37. The maximum Gasteiger partial charge on any atom is 0.311 e. The topological polar surface area (TPSA) is 118 Å². The number of β-amino-alcohol motifs (C(OH)–C–C–N with tert-alkyl or cyclic N) is 1. The van der Waals surface area contributed by atoms with Crippen molar-refractivity contribution < 1.29 is 24.2 Å². The van der Waals surface area contributed by atoms with Crippen molar-refractivity contribution in [2.75, 3.05) is 26.3 Å². The van der Waals surface area contributed by atoms with Crippen molar-refractivity contribution in [2.45, 2.75) is 61.2 Å². The van der Waals surface area contributed by atoms with Crippen LogP contribution in [0, 0.1) is 11.8 Å². The summed E-state index contributed by atoms with van der Waals surface area (Å²) in [4.78, 5) is 45.0. The molecule has 40 heavy (non-hydrogen) atoms. The monoisotopic (exact) mass is 567 g/mol. The molecule has 2 aromatic rings. The van der Waals surface area contributed by atoms with Gasteiger partial charge in [0.25, 0.3) is 0 Å². The van der Waals surface area contributed by atoms with Gasteiger partial charge in [-0.25, -0.2) is 4.68 Å². The third-order valence-corrected chi connectivity index (χ3v) is 10.5. The Morgan fingerprint density at radius 2 is 2.05 bits per heavy atom. The predicted molar refractivity (Wildman–Crippen MR) is 152 cm³/mol. The second kappa shape index (κ2) is 11.4. The smallest absolute Gasteiger partial charge is 0.311 e. The maximum atomic E-state index is 14.4. The Bertz CT molecular complexity index is 1310. The summed E-state index contributed by atoms with van der Waals surface area (Å²) in [6, 6.07) is 6.68. The molecule has 0 radical (unpaired) electrons. The van der Waals surface area contributed by atoms with E-state index in [0.29, 0.717) is 25.0 Å². The second-order valence-electron chi connectivity index (χ2n) is 11.0. The number of hydrogen-bond acceptors (Lipinski definition) is 8. The summed E-state index contributed by atoms with van der Waals surface area (Å²) in [5.41, 5.74) is 1.50. The standard InChI is InChI=1S/C29H37N5O5S/c1-4-6-7-10-18-39-27(38)23-22-25(36)33(16-17-35)24(29(22)14-13-28(23,3)40-29)26(37)32(15-5-2)19-34-21-12-9-8-11-20(21)30-31-34/h4-5,8-9,11-12,22-24,35H,1-2,6-7,10,13-19H2,3H3/t22-,23-,24?,28+,29?/m0/s1. The normalized spacial score (nSPS) is 28.6. The van der Waals surface area contributed by atoms with E-state index in [9.17, 15) is 19.5 Å². The number of rotatable bonds is 13. The SMILES string of the molecule is C=CCCCCOC(=O)[C@@H]1[C@H]2C(=O)N(CCO)C(C(=O)N(CC=C)Cn3nnc4ccccc43)C23CC[C@@]1(C)S3. The van der Waals surface area contributed by atoms with Gasteiger partial charge >= 0.3 is 5.97 Å². The molecule has 1 aromatic heterocycles. The van der Waals surface area contributed by atoms with E-state index in [1.165, 1.54) is 4.90 Å². The molecule has 11 heteroatoms. The van der Waals surface area contributed by atoms with Gasteiger partial charge < -0.3 is 19.6 Å². The van der Waals surface area contributed by atoms with Gasteiger partial charge in [0.2, 0.25) is 11.8 Å². The predicted octanol–water partition coefficient (Wildman–Crippen LogP) is 2.78. The first-order valence-electron chi connectivity index (χ1n) is 13.9.